The molecule has 0 saturated carbocycles. The molecule has 1 aromatic rings. The summed E-state index contributed by atoms with van der Waals surface area (Å²) in [5.41, 5.74) is 0. The SMILES string of the molecule is CCOC(=O)CCC(=O)COc1cncc(Cl)c1. The number of halogens is 1. The Morgan fingerprint density at radius 3 is 2.78 bits per heavy atom. The fourth-order valence-corrected chi connectivity index (χ4v) is 1.35. The Kier molecular flexibility index (Phi) is 6.14. The summed E-state index contributed by atoms with van der Waals surface area (Å²) in [6.45, 7) is 1.92. The van der Waals surface area contributed by atoms with Crippen LogP contribution in [0.5, 0.6) is 5.75 Å². The normalized spacial score (nSPS) is 9.89. The molecule has 0 radical (unpaired) electrons. The summed E-state index contributed by atoms with van der Waals surface area (Å²) in [6.07, 6.45) is 3.11. The lowest BCUT2D eigenvalue weighted by Gasteiger charge is -2.05. The van der Waals surface area contributed by atoms with Crippen molar-refractivity contribution in [1.29, 1.82) is 0 Å². The lowest BCUT2D eigenvalue weighted by Crippen LogP contribution is -2.14. The van der Waals surface area contributed by atoms with E-state index in [9.17, 15) is 9.59 Å². The van der Waals surface area contributed by atoms with Gasteiger partial charge in [-0.3, -0.25) is 14.6 Å². The van der Waals surface area contributed by atoms with Gasteiger partial charge in [-0.25, -0.2) is 0 Å². The maximum Gasteiger partial charge on any atom is 0.306 e. The Morgan fingerprint density at radius 2 is 2.11 bits per heavy atom. The molecule has 6 heteroatoms. The van der Waals surface area contributed by atoms with E-state index in [0.717, 1.165) is 0 Å². The molecule has 0 spiro atoms. The van der Waals surface area contributed by atoms with Crippen LogP contribution in [-0.4, -0.2) is 30.0 Å². The highest BCUT2D eigenvalue weighted by Gasteiger charge is 2.08. The zero-order valence-electron chi connectivity index (χ0n) is 10.0. The average molecular weight is 272 g/mol. The molecule has 0 saturated heterocycles. The molecule has 0 bridgehead atoms. The number of nitrogens with zero attached hydrogens (tertiary/aromatic N) is 1. The Balaban J connectivity index is 2.27. The molecule has 18 heavy (non-hydrogen) atoms. The smallest absolute Gasteiger partial charge is 0.306 e. The van der Waals surface area contributed by atoms with Gasteiger partial charge >= 0.3 is 5.97 Å². The van der Waals surface area contributed by atoms with Crippen molar-refractivity contribution in [2.75, 3.05) is 13.2 Å². The average Bonchev–Trinajstić information content (AvgIpc) is 2.34. The van der Waals surface area contributed by atoms with Gasteiger partial charge in [0.2, 0.25) is 0 Å². The fourth-order valence-electron chi connectivity index (χ4n) is 1.18. The number of Topliss-reactive ketones (excluding diaryl/α,β-unsaturated/α-hetero) is 1. The largest absolute Gasteiger partial charge is 0.484 e. The minimum absolute atomic E-state index is 0.0732. The third-order valence-electron chi connectivity index (χ3n) is 1.99. The summed E-state index contributed by atoms with van der Waals surface area (Å²) in [7, 11) is 0. The summed E-state index contributed by atoms with van der Waals surface area (Å²) in [6, 6.07) is 1.56. The van der Waals surface area contributed by atoms with Gasteiger partial charge in [0.25, 0.3) is 0 Å². The summed E-state index contributed by atoms with van der Waals surface area (Å²) in [5.74, 6) is -0.134. The maximum atomic E-state index is 11.4. The van der Waals surface area contributed by atoms with E-state index in [1.54, 1.807) is 13.0 Å². The Morgan fingerprint density at radius 1 is 1.33 bits per heavy atom. The van der Waals surface area contributed by atoms with Crippen molar-refractivity contribution >= 4 is 23.4 Å². The number of hydrogen-bond donors (Lipinski definition) is 0. The van der Waals surface area contributed by atoms with Crippen LogP contribution in [0.15, 0.2) is 18.5 Å². The fraction of sp³-hybridized carbons (Fsp3) is 0.417. The zero-order valence-corrected chi connectivity index (χ0v) is 10.8. The van der Waals surface area contributed by atoms with Crippen molar-refractivity contribution in [3.05, 3.63) is 23.5 Å². The quantitative estimate of drug-likeness (QED) is 0.710. The van der Waals surface area contributed by atoms with Crippen LogP contribution in [0.4, 0.5) is 0 Å². The molecule has 0 aliphatic carbocycles. The van der Waals surface area contributed by atoms with Crippen molar-refractivity contribution in [3.8, 4) is 5.75 Å². The summed E-state index contributed by atoms with van der Waals surface area (Å²) in [5, 5.41) is 0.437. The van der Waals surface area contributed by atoms with Gasteiger partial charge in [-0.15, -0.1) is 0 Å². The second-order valence-electron chi connectivity index (χ2n) is 3.47. The van der Waals surface area contributed by atoms with E-state index in [1.807, 2.05) is 0 Å². The van der Waals surface area contributed by atoms with Crippen molar-refractivity contribution in [2.45, 2.75) is 19.8 Å². The van der Waals surface area contributed by atoms with E-state index >= 15 is 0 Å². The van der Waals surface area contributed by atoms with Crippen molar-refractivity contribution < 1.29 is 19.1 Å². The molecule has 0 fully saturated rings. The molecule has 1 rings (SSSR count). The van der Waals surface area contributed by atoms with Crippen LogP contribution in [0.25, 0.3) is 0 Å². The Labute approximate surface area is 110 Å². The standard InChI is InChI=1S/C12H14ClNO4/c1-2-17-12(16)4-3-10(15)8-18-11-5-9(13)6-14-7-11/h5-7H,2-4,8H2,1H3. The second kappa shape index (κ2) is 7.66. The molecule has 0 aromatic carbocycles. The summed E-state index contributed by atoms with van der Waals surface area (Å²) < 4.78 is 9.90. The predicted octanol–water partition coefficient (Wildman–Crippen LogP) is 2.03. The van der Waals surface area contributed by atoms with Gasteiger partial charge in [-0.2, -0.15) is 0 Å². The number of hydrogen-bond acceptors (Lipinski definition) is 5. The molecule has 0 aliphatic rings. The van der Waals surface area contributed by atoms with Crippen LogP contribution < -0.4 is 4.74 Å². The summed E-state index contributed by atoms with van der Waals surface area (Å²) in [4.78, 5) is 26.3. The van der Waals surface area contributed by atoms with Crippen molar-refractivity contribution in [1.82, 2.24) is 4.98 Å². The predicted molar refractivity (Wildman–Crippen MR) is 65.6 cm³/mol. The number of carbonyl (C=O) groups excluding carboxylic acids is 2. The van der Waals surface area contributed by atoms with E-state index in [1.165, 1.54) is 12.4 Å². The Hall–Kier alpha value is -1.62. The van der Waals surface area contributed by atoms with Gasteiger partial charge in [0.05, 0.1) is 24.2 Å². The van der Waals surface area contributed by atoms with Gasteiger partial charge in [0, 0.05) is 18.7 Å². The molecule has 1 aromatic heterocycles. The number of carbonyl (C=O) groups is 2. The monoisotopic (exact) mass is 271 g/mol. The van der Waals surface area contributed by atoms with Crippen LogP contribution in [0, 0.1) is 0 Å². The van der Waals surface area contributed by atoms with Gasteiger partial charge in [0.1, 0.15) is 12.4 Å². The lowest BCUT2D eigenvalue weighted by atomic mass is 10.2. The topological polar surface area (TPSA) is 65.5 Å². The van der Waals surface area contributed by atoms with E-state index in [0.29, 0.717) is 17.4 Å². The van der Waals surface area contributed by atoms with E-state index in [4.69, 9.17) is 21.1 Å². The molecule has 0 aliphatic heterocycles. The van der Waals surface area contributed by atoms with Crippen molar-refractivity contribution in [2.24, 2.45) is 0 Å². The molecule has 5 nitrogen and oxygen atoms in total. The molecule has 98 valence electrons. The Bertz CT molecular complexity index is 422. The number of pyridine rings is 1. The lowest BCUT2D eigenvalue weighted by molar-refractivity contribution is -0.144. The zero-order chi connectivity index (χ0) is 13.4. The minimum atomic E-state index is -0.379. The van der Waals surface area contributed by atoms with Crippen molar-refractivity contribution in [3.63, 3.8) is 0 Å². The van der Waals surface area contributed by atoms with Crippen LogP contribution >= 0.6 is 11.6 Å². The van der Waals surface area contributed by atoms with E-state index < -0.39 is 0 Å². The number of aromatic nitrogens is 1. The maximum absolute atomic E-state index is 11.4. The van der Waals surface area contributed by atoms with Crippen LogP contribution in [-0.2, 0) is 14.3 Å². The van der Waals surface area contributed by atoms with Gasteiger partial charge in [0.15, 0.2) is 5.78 Å². The summed E-state index contributed by atoms with van der Waals surface area (Å²) >= 11 is 5.71. The first-order chi connectivity index (χ1) is 8.61. The van der Waals surface area contributed by atoms with Crippen LogP contribution in [0.1, 0.15) is 19.8 Å². The molecule has 0 unspecified atom stereocenters. The molecule has 0 N–H and O–H groups in total. The molecular formula is C12H14ClNO4. The number of ether oxygens (including phenoxy) is 2. The molecule has 0 amide bonds. The third-order valence-corrected chi connectivity index (χ3v) is 2.20. The highest BCUT2D eigenvalue weighted by Crippen LogP contribution is 2.15. The van der Waals surface area contributed by atoms with Gasteiger partial charge in [-0.1, -0.05) is 11.6 Å². The van der Waals surface area contributed by atoms with Gasteiger partial charge < -0.3 is 9.47 Å². The number of rotatable bonds is 7. The van der Waals surface area contributed by atoms with Gasteiger partial charge in [-0.05, 0) is 6.92 Å². The minimum Gasteiger partial charge on any atom is -0.484 e. The molecule has 1 heterocycles. The first-order valence-corrected chi connectivity index (χ1v) is 5.90. The highest BCUT2D eigenvalue weighted by atomic mass is 35.5. The van der Waals surface area contributed by atoms with E-state index in [2.05, 4.69) is 4.98 Å². The third kappa shape index (κ3) is 5.63. The molecular weight excluding hydrogens is 258 g/mol. The van der Waals surface area contributed by atoms with Crippen LogP contribution in [0.2, 0.25) is 5.02 Å². The van der Waals surface area contributed by atoms with Crippen LogP contribution in [0.3, 0.4) is 0 Å². The van der Waals surface area contributed by atoms with E-state index in [-0.39, 0.29) is 31.2 Å². The number of esters is 1. The first-order valence-electron chi connectivity index (χ1n) is 5.52. The first kappa shape index (κ1) is 14.4. The second-order valence-corrected chi connectivity index (χ2v) is 3.91. The molecule has 0 atom stereocenters. The highest BCUT2D eigenvalue weighted by molar-refractivity contribution is 6.30. The number of ketones is 1.